The molecule has 0 atom stereocenters. The van der Waals surface area contributed by atoms with Crippen LogP contribution in [0.4, 0.5) is 0 Å². The van der Waals surface area contributed by atoms with Crippen molar-refractivity contribution in [1.82, 2.24) is 0 Å². The number of hydrogen-bond donors (Lipinski definition) is 1. The van der Waals surface area contributed by atoms with Crippen LogP contribution >= 0.6 is 0 Å². The summed E-state index contributed by atoms with van der Waals surface area (Å²) in [7, 11) is 0. The first kappa shape index (κ1) is 50.8. The van der Waals surface area contributed by atoms with Crippen molar-refractivity contribution in [2.75, 3.05) is 6.61 Å². The van der Waals surface area contributed by atoms with E-state index >= 15 is 0 Å². The monoisotopic (exact) mass is 403 g/mol. The molecule has 1 radical (unpaired) electrons. The van der Waals surface area contributed by atoms with Gasteiger partial charge in [0.1, 0.15) is 0 Å². The third-order valence-electron chi connectivity index (χ3n) is 0. The van der Waals surface area contributed by atoms with Crippen LogP contribution in [0.3, 0.4) is 0 Å². The molecule has 0 aromatic rings. The third kappa shape index (κ3) is 99.0. The Morgan fingerprint density at radius 3 is 1.12 bits per heavy atom. The normalized spacial score (nSPS) is 2.25. The van der Waals surface area contributed by atoms with Crippen LogP contribution in [0.5, 0.6) is 0 Å². The van der Waals surface area contributed by atoms with Crippen LogP contribution in [0.1, 0.15) is 6.92 Å². The average Bonchev–Trinajstić information content (AvgIpc) is 0.918. The Labute approximate surface area is 93.8 Å². The summed E-state index contributed by atoms with van der Waals surface area (Å²) < 4.78 is 0. The Kier molecular flexibility index (Phi) is 408. The van der Waals surface area contributed by atoms with Crippen molar-refractivity contribution < 1.29 is 81.0 Å². The molecule has 0 heterocycles. The standard InChI is InChI=1S/C2H6O.3BrH.H2O.Ru/c1-2-3;;;;;/h3H,2H2,1H3;3*1H;1H2;/q;;;;;+3/p-3. The maximum absolute atomic E-state index is 7.57. The van der Waals surface area contributed by atoms with Crippen LogP contribution < -0.4 is 50.9 Å². The van der Waals surface area contributed by atoms with Crippen molar-refractivity contribution in [2.45, 2.75) is 6.92 Å². The van der Waals surface area contributed by atoms with Crippen LogP contribution in [0.25, 0.3) is 0 Å². The molecule has 0 aromatic carbocycles. The summed E-state index contributed by atoms with van der Waals surface area (Å²) in [4.78, 5) is 0. The second kappa shape index (κ2) is 64.3. The molecule has 2 nitrogen and oxygen atoms in total. The molecular formula is C2H8Br3O2Ru. The average molecular weight is 405 g/mol. The Hall–Kier alpha value is 1.98. The van der Waals surface area contributed by atoms with E-state index in [0.29, 0.717) is 0 Å². The summed E-state index contributed by atoms with van der Waals surface area (Å²) in [5.41, 5.74) is 0. The molecule has 0 aliphatic carbocycles. The molecular weight excluding hydrogens is 397 g/mol. The van der Waals surface area contributed by atoms with E-state index in [1.54, 1.807) is 6.92 Å². The summed E-state index contributed by atoms with van der Waals surface area (Å²) in [5, 5.41) is 7.57. The van der Waals surface area contributed by atoms with E-state index in [-0.39, 0.29) is 82.5 Å². The van der Waals surface area contributed by atoms with Crippen molar-refractivity contribution >= 4 is 0 Å². The largest absolute Gasteiger partial charge is 3.00 e. The summed E-state index contributed by atoms with van der Waals surface area (Å²) in [6.07, 6.45) is 0. The van der Waals surface area contributed by atoms with Gasteiger partial charge in [-0.3, -0.25) is 0 Å². The minimum atomic E-state index is 0. The van der Waals surface area contributed by atoms with Crippen LogP contribution in [0.15, 0.2) is 0 Å². The number of rotatable bonds is 0. The summed E-state index contributed by atoms with van der Waals surface area (Å²) in [5.74, 6) is 0. The zero-order chi connectivity index (χ0) is 2.71. The van der Waals surface area contributed by atoms with Gasteiger partial charge in [0.2, 0.25) is 0 Å². The first-order chi connectivity index (χ1) is 1.41. The Morgan fingerprint density at radius 1 is 1.12 bits per heavy atom. The van der Waals surface area contributed by atoms with Gasteiger partial charge in [-0.25, -0.2) is 0 Å². The second-order valence-electron chi connectivity index (χ2n) is 0.316. The first-order valence-electron chi connectivity index (χ1n) is 1.02. The van der Waals surface area contributed by atoms with Crippen molar-refractivity contribution in [1.29, 1.82) is 0 Å². The van der Waals surface area contributed by atoms with Gasteiger partial charge in [-0.15, -0.1) is 0 Å². The number of aliphatic hydroxyl groups is 1. The quantitative estimate of drug-likeness (QED) is 0.401. The van der Waals surface area contributed by atoms with E-state index in [1.165, 1.54) is 0 Å². The van der Waals surface area contributed by atoms with Gasteiger partial charge in [0.05, 0.1) is 0 Å². The van der Waals surface area contributed by atoms with Gasteiger partial charge in [-0.1, -0.05) is 0 Å². The zero-order valence-corrected chi connectivity index (χ0v) is 10.6. The minimum Gasteiger partial charge on any atom is -1.00 e. The van der Waals surface area contributed by atoms with E-state index in [0.717, 1.165) is 0 Å². The molecule has 0 fully saturated rings. The molecule has 0 aromatic heterocycles. The smallest absolute Gasteiger partial charge is 1.00 e. The zero-order valence-electron chi connectivity index (χ0n) is 4.14. The molecule has 0 rings (SSSR count). The molecule has 0 saturated carbocycles. The number of hydrogen-bond acceptors (Lipinski definition) is 1. The predicted octanol–water partition coefficient (Wildman–Crippen LogP) is -9.82. The Balaban J connectivity index is -0.00000000200. The van der Waals surface area contributed by atoms with Crippen molar-refractivity contribution in [3.8, 4) is 0 Å². The first-order valence-corrected chi connectivity index (χ1v) is 1.02. The minimum absolute atomic E-state index is 0. The molecule has 8 heavy (non-hydrogen) atoms. The van der Waals surface area contributed by atoms with E-state index in [1.807, 2.05) is 0 Å². The molecule has 0 spiro atoms. The van der Waals surface area contributed by atoms with Gasteiger partial charge >= 0.3 is 19.5 Å². The van der Waals surface area contributed by atoms with Gasteiger partial charge < -0.3 is 61.5 Å². The fourth-order valence-electron chi connectivity index (χ4n) is 0. The van der Waals surface area contributed by atoms with Crippen LogP contribution in [-0.4, -0.2) is 17.2 Å². The Bertz CT molecular complexity index is 15.2. The molecule has 0 bridgehead atoms. The summed E-state index contributed by atoms with van der Waals surface area (Å²) in [6, 6.07) is 0. The van der Waals surface area contributed by atoms with E-state index in [9.17, 15) is 0 Å². The second-order valence-corrected chi connectivity index (χ2v) is 0.316. The van der Waals surface area contributed by atoms with Gasteiger partial charge in [-0.05, 0) is 6.92 Å². The topological polar surface area (TPSA) is 51.7 Å². The molecule has 0 amide bonds. The van der Waals surface area contributed by atoms with Crippen molar-refractivity contribution in [2.24, 2.45) is 0 Å². The van der Waals surface area contributed by atoms with Crippen molar-refractivity contribution in [3.05, 3.63) is 0 Å². The molecule has 0 aliphatic rings. The van der Waals surface area contributed by atoms with Gasteiger partial charge in [0, 0.05) is 6.61 Å². The van der Waals surface area contributed by atoms with Crippen LogP contribution in [-0.2, 0) is 19.5 Å². The molecule has 6 heteroatoms. The van der Waals surface area contributed by atoms with Gasteiger partial charge in [0.15, 0.2) is 0 Å². The van der Waals surface area contributed by atoms with Gasteiger partial charge in [-0.2, -0.15) is 0 Å². The van der Waals surface area contributed by atoms with Gasteiger partial charge in [0.25, 0.3) is 0 Å². The third-order valence-corrected chi connectivity index (χ3v) is 0. The fraction of sp³-hybridized carbons (Fsp3) is 1.00. The molecule has 0 unspecified atom stereocenters. The maximum Gasteiger partial charge on any atom is 3.00 e. The number of aliphatic hydroxyl groups excluding tert-OH is 1. The predicted molar refractivity (Wildman–Crippen MR) is 16.4 cm³/mol. The van der Waals surface area contributed by atoms with E-state index in [4.69, 9.17) is 5.11 Å². The fourth-order valence-corrected chi connectivity index (χ4v) is 0. The maximum atomic E-state index is 7.57. The number of halogens is 3. The summed E-state index contributed by atoms with van der Waals surface area (Å²) >= 11 is 0. The molecule has 57 valence electrons. The van der Waals surface area contributed by atoms with Crippen molar-refractivity contribution in [3.63, 3.8) is 0 Å². The molecule has 0 saturated heterocycles. The summed E-state index contributed by atoms with van der Waals surface area (Å²) in [6.45, 7) is 1.93. The van der Waals surface area contributed by atoms with Crippen LogP contribution in [0.2, 0.25) is 0 Å². The molecule has 0 aliphatic heterocycles. The Morgan fingerprint density at radius 2 is 1.12 bits per heavy atom. The van der Waals surface area contributed by atoms with Crippen LogP contribution in [0, 0.1) is 0 Å². The van der Waals surface area contributed by atoms with E-state index in [2.05, 4.69) is 0 Å². The molecule has 3 N–H and O–H groups in total. The van der Waals surface area contributed by atoms with E-state index < -0.39 is 0 Å². The SMILES string of the molecule is CCO.O.[Br-].[Br-].[Br-].[Ru+3].